The van der Waals surface area contributed by atoms with Gasteiger partial charge in [-0.15, -0.1) is 0 Å². The first-order chi connectivity index (χ1) is 9.19. The smallest absolute Gasteiger partial charge is 0.124 e. The van der Waals surface area contributed by atoms with Crippen molar-refractivity contribution in [2.24, 2.45) is 0 Å². The molecule has 3 nitrogen and oxygen atoms in total. The number of likely N-dealkylation sites (tertiary alicyclic amines) is 1. The fourth-order valence-corrected chi connectivity index (χ4v) is 2.73. The van der Waals surface area contributed by atoms with Gasteiger partial charge in [0.25, 0.3) is 0 Å². The number of nitrogens with one attached hydrogen (secondary N) is 1. The van der Waals surface area contributed by atoms with E-state index in [2.05, 4.69) is 17.1 Å². The van der Waals surface area contributed by atoms with Gasteiger partial charge in [-0.2, -0.15) is 0 Å². The molecule has 1 aliphatic heterocycles. The number of hydrogen-bond acceptors (Lipinski definition) is 3. The van der Waals surface area contributed by atoms with Crippen LogP contribution in [0.3, 0.4) is 0 Å². The Bertz CT molecular complexity index is 405. The van der Waals surface area contributed by atoms with E-state index in [-0.39, 0.29) is 0 Å². The second-order valence-electron chi connectivity index (χ2n) is 5.25. The normalized spacial score (nSPS) is 17.6. The maximum Gasteiger partial charge on any atom is 0.124 e. The highest BCUT2D eigenvalue weighted by Crippen LogP contribution is 2.23. The lowest BCUT2D eigenvalue weighted by atomic mass is 10.2. The molecule has 0 bridgehead atoms. The monoisotopic (exact) mass is 282 g/mol. The molecule has 1 fully saturated rings. The SMILES string of the molecule is COc1cc(Cl)ccc1CNC(C)CN1CCCC1. The highest BCUT2D eigenvalue weighted by molar-refractivity contribution is 6.30. The average Bonchev–Trinajstić information content (AvgIpc) is 2.90. The van der Waals surface area contributed by atoms with Crippen molar-refractivity contribution >= 4 is 11.6 Å². The Morgan fingerprint density at radius 3 is 2.79 bits per heavy atom. The molecule has 1 aromatic rings. The first kappa shape index (κ1) is 14.6. The van der Waals surface area contributed by atoms with E-state index in [9.17, 15) is 0 Å². The quantitative estimate of drug-likeness (QED) is 0.868. The number of methoxy groups -OCH3 is 1. The fraction of sp³-hybridized carbons (Fsp3) is 0.600. The molecule has 19 heavy (non-hydrogen) atoms. The number of benzene rings is 1. The maximum absolute atomic E-state index is 5.96. The first-order valence-electron chi connectivity index (χ1n) is 6.97. The molecule has 1 heterocycles. The molecule has 0 amide bonds. The van der Waals surface area contributed by atoms with Gasteiger partial charge in [0, 0.05) is 29.7 Å². The summed E-state index contributed by atoms with van der Waals surface area (Å²) in [5, 5.41) is 4.27. The molecule has 0 spiro atoms. The Balaban J connectivity index is 1.83. The molecule has 1 N–H and O–H groups in total. The van der Waals surface area contributed by atoms with Gasteiger partial charge >= 0.3 is 0 Å². The molecule has 0 saturated carbocycles. The summed E-state index contributed by atoms with van der Waals surface area (Å²) in [6.07, 6.45) is 2.69. The molecule has 4 heteroatoms. The number of hydrogen-bond donors (Lipinski definition) is 1. The average molecular weight is 283 g/mol. The van der Waals surface area contributed by atoms with Crippen molar-refractivity contribution in [2.75, 3.05) is 26.7 Å². The number of rotatable bonds is 6. The van der Waals surface area contributed by atoms with Gasteiger partial charge in [-0.25, -0.2) is 0 Å². The zero-order chi connectivity index (χ0) is 13.7. The molecular weight excluding hydrogens is 260 g/mol. The van der Waals surface area contributed by atoms with Crippen molar-refractivity contribution in [2.45, 2.75) is 32.4 Å². The van der Waals surface area contributed by atoms with Crippen LogP contribution in [0.4, 0.5) is 0 Å². The minimum Gasteiger partial charge on any atom is -0.496 e. The Morgan fingerprint density at radius 1 is 1.37 bits per heavy atom. The molecule has 1 aromatic carbocycles. The number of ether oxygens (including phenoxy) is 1. The summed E-state index contributed by atoms with van der Waals surface area (Å²) in [6, 6.07) is 6.28. The van der Waals surface area contributed by atoms with Crippen molar-refractivity contribution in [1.82, 2.24) is 10.2 Å². The van der Waals surface area contributed by atoms with Crippen molar-refractivity contribution in [3.63, 3.8) is 0 Å². The highest BCUT2D eigenvalue weighted by Gasteiger charge is 2.14. The first-order valence-corrected chi connectivity index (χ1v) is 7.35. The lowest BCUT2D eigenvalue weighted by Gasteiger charge is -2.21. The van der Waals surface area contributed by atoms with Gasteiger partial charge in [-0.3, -0.25) is 0 Å². The summed E-state index contributed by atoms with van der Waals surface area (Å²) >= 11 is 5.96. The van der Waals surface area contributed by atoms with Crippen LogP contribution in [0.15, 0.2) is 18.2 Å². The zero-order valence-corrected chi connectivity index (χ0v) is 12.5. The minimum absolute atomic E-state index is 0.485. The van der Waals surface area contributed by atoms with E-state index in [0.717, 1.165) is 24.4 Å². The lowest BCUT2D eigenvalue weighted by Crippen LogP contribution is -2.37. The van der Waals surface area contributed by atoms with E-state index in [1.165, 1.54) is 25.9 Å². The van der Waals surface area contributed by atoms with Gasteiger partial charge in [0.1, 0.15) is 5.75 Å². The molecule has 1 saturated heterocycles. The van der Waals surface area contributed by atoms with Crippen LogP contribution in [0, 0.1) is 0 Å². The van der Waals surface area contributed by atoms with Gasteiger partial charge in [0.05, 0.1) is 7.11 Å². The molecule has 0 aromatic heterocycles. The molecule has 0 aliphatic carbocycles. The molecule has 1 atom stereocenters. The number of halogens is 1. The van der Waals surface area contributed by atoms with Crippen LogP contribution >= 0.6 is 11.6 Å². The van der Waals surface area contributed by atoms with Crippen molar-refractivity contribution in [1.29, 1.82) is 0 Å². The van der Waals surface area contributed by atoms with Gasteiger partial charge in [0.2, 0.25) is 0 Å². The van der Waals surface area contributed by atoms with Crippen LogP contribution in [0.5, 0.6) is 5.75 Å². The van der Waals surface area contributed by atoms with Gasteiger partial charge in [0.15, 0.2) is 0 Å². The largest absolute Gasteiger partial charge is 0.496 e. The summed E-state index contributed by atoms with van der Waals surface area (Å²) in [4.78, 5) is 2.52. The summed E-state index contributed by atoms with van der Waals surface area (Å²) in [5.74, 6) is 0.855. The van der Waals surface area contributed by atoms with E-state index in [4.69, 9.17) is 16.3 Å². The predicted octanol–water partition coefficient (Wildman–Crippen LogP) is 2.92. The Morgan fingerprint density at radius 2 is 2.11 bits per heavy atom. The lowest BCUT2D eigenvalue weighted by molar-refractivity contribution is 0.297. The van der Waals surface area contributed by atoms with Crippen LogP contribution in [-0.2, 0) is 6.54 Å². The van der Waals surface area contributed by atoms with Crippen LogP contribution in [0.2, 0.25) is 5.02 Å². The van der Waals surface area contributed by atoms with E-state index < -0.39 is 0 Å². The second kappa shape index (κ2) is 7.13. The second-order valence-corrected chi connectivity index (χ2v) is 5.68. The summed E-state index contributed by atoms with van der Waals surface area (Å²) in [7, 11) is 1.68. The number of nitrogens with zero attached hydrogens (tertiary/aromatic N) is 1. The zero-order valence-electron chi connectivity index (χ0n) is 11.8. The van der Waals surface area contributed by atoms with Crippen LogP contribution in [0.25, 0.3) is 0 Å². The third-order valence-corrected chi connectivity index (χ3v) is 3.86. The van der Waals surface area contributed by atoms with Gasteiger partial charge in [-0.05, 0) is 45.0 Å². The maximum atomic E-state index is 5.96. The van der Waals surface area contributed by atoms with E-state index >= 15 is 0 Å². The molecule has 1 aliphatic rings. The standard InChI is InChI=1S/C15H23ClN2O/c1-12(11-18-7-3-4-8-18)17-10-13-5-6-14(16)9-15(13)19-2/h5-6,9,12,17H,3-4,7-8,10-11H2,1-2H3. The Hall–Kier alpha value is -0.770. The molecular formula is C15H23ClN2O. The van der Waals surface area contributed by atoms with Crippen LogP contribution in [-0.4, -0.2) is 37.7 Å². The van der Waals surface area contributed by atoms with Crippen LogP contribution < -0.4 is 10.1 Å². The molecule has 2 rings (SSSR count). The molecule has 106 valence electrons. The third-order valence-electron chi connectivity index (χ3n) is 3.62. The van der Waals surface area contributed by atoms with E-state index in [1.807, 2.05) is 18.2 Å². The van der Waals surface area contributed by atoms with E-state index in [0.29, 0.717) is 11.1 Å². The van der Waals surface area contributed by atoms with Crippen molar-refractivity contribution in [3.05, 3.63) is 28.8 Å². The van der Waals surface area contributed by atoms with Gasteiger partial charge < -0.3 is 15.0 Å². The predicted molar refractivity (Wildman–Crippen MR) is 80.0 cm³/mol. The Kier molecular flexibility index (Phi) is 5.49. The van der Waals surface area contributed by atoms with Gasteiger partial charge in [-0.1, -0.05) is 17.7 Å². The molecule has 0 radical (unpaired) electrons. The highest BCUT2D eigenvalue weighted by atomic mass is 35.5. The summed E-state index contributed by atoms with van der Waals surface area (Å²) < 4.78 is 5.36. The van der Waals surface area contributed by atoms with E-state index in [1.54, 1.807) is 7.11 Å². The summed E-state index contributed by atoms with van der Waals surface area (Å²) in [6.45, 7) is 6.67. The minimum atomic E-state index is 0.485. The fourth-order valence-electron chi connectivity index (χ4n) is 2.57. The van der Waals surface area contributed by atoms with Crippen molar-refractivity contribution in [3.8, 4) is 5.75 Å². The topological polar surface area (TPSA) is 24.5 Å². The molecule has 1 unspecified atom stereocenters. The third kappa shape index (κ3) is 4.37. The summed E-state index contributed by atoms with van der Waals surface area (Å²) in [5.41, 5.74) is 1.15. The Labute approximate surface area is 120 Å². The van der Waals surface area contributed by atoms with Crippen LogP contribution in [0.1, 0.15) is 25.3 Å². The van der Waals surface area contributed by atoms with Crippen molar-refractivity contribution < 1.29 is 4.74 Å².